The normalized spacial score (nSPS) is 12.8. The van der Waals surface area contributed by atoms with Crippen molar-refractivity contribution in [3.63, 3.8) is 0 Å². The van der Waals surface area contributed by atoms with Crippen LogP contribution >= 0.6 is 0 Å². The van der Waals surface area contributed by atoms with Crippen molar-refractivity contribution >= 4 is 127 Å². The fourth-order valence-electron chi connectivity index (χ4n) is 13.8. The van der Waals surface area contributed by atoms with Crippen molar-refractivity contribution in [2.75, 3.05) is 94.3 Å². The number of amides is 1. The average molecular weight is 1660 g/mol. The lowest BCUT2D eigenvalue weighted by Gasteiger charge is -2.28. The summed E-state index contributed by atoms with van der Waals surface area (Å²) in [5.74, 6) is 0.742. The first-order chi connectivity index (χ1) is 58.6. The van der Waals surface area contributed by atoms with Crippen molar-refractivity contribution in [3.05, 3.63) is 163 Å². The largest absolute Gasteiger partial charge is 0.480 e. The van der Waals surface area contributed by atoms with Gasteiger partial charge in [0.1, 0.15) is 31.8 Å². The van der Waals surface area contributed by atoms with E-state index in [-0.39, 0.29) is 32.1 Å². The molecule has 1 aliphatic heterocycles. The fourth-order valence-corrected chi connectivity index (χ4v) is 13.8. The second kappa shape index (κ2) is 44.0. The van der Waals surface area contributed by atoms with E-state index in [0.29, 0.717) is 125 Å². The summed E-state index contributed by atoms with van der Waals surface area (Å²) in [6, 6.07) is 38.3. The maximum Gasteiger partial charge on any atom is 0.417 e. The maximum atomic E-state index is 13.0. The Kier molecular flexibility index (Phi) is 32.2. The number of morpholine rings is 1. The highest BCUT2D eigenvalue weighted by Gasteiger charge is 2.29. The molecule has 1 amide bonds. The SMILES string of the molecule is CCCCCN(C(=O)OC(C)(C)C)c1nc(Nc2ccccc2)c2ncn(CC(=O)O)c2n1.CCCCCNc1nc(N2CCOCC2)c2ncn(CC(=O)O)c2n1.CCCCCNc1nc(NCc2ccccc2)c2ncn(CC(=O)O)c2n1.CN(Cc1ccccc1)c1nc(NCc2ccc(C3CCCCC3)cc2)nc2c1ncn2CC(=O)O. The molecule has 1 saturated carbocycles. The van der Waals surface area contributed by atoms with Crippen LogP contribution in [0.3, 0.4) is 0 Å². The molecule has 640 valence electrons. The minimum Gasteiger partial charge on any atom is -0.480 e. The van der Waals surface area contributed by atoms with Crippen LogP contribution in [-0.2, 0) is 74.5 Å². The number of anilines is 9. The number of aliphatic carboxylic acids is 4. The lowest BCUT2D eigenvalue weighted by Crippen LogP contribution is -2.38. The first-order valence-corrected chi connectivity index (χ1v) is 41.4. The van der Waals surface area contributed by atoms with Gasteiger partial charge in [0.05, 0.1) is 38.5 Å². The topological polar surface area (TPSA) is 429 Å². The molecule has 4 aromatic carbocycles. The third-order valence-electron chi connectivity index (χ3n) is 19.8. The Balaban J connectivity index is 0.000000159. The van der Waals surface area contributed by atoms with Gasteiger partial charge in [0.15, 0.2) is 67.9 Å². The van der Waals surface area contributed by atoms with E-state index in [9.17, 15) is 34.2 Å². The Morgan fingerprint density at radius 2 is 0.950 bits per heavy atom. The van der Waals surface area contributed by atoms with E-state index in [1.54, 1.807) is 29.9 Å². The van der Waals surface area contributed by atoms with Crippen LogP contribution in [0.2, 0.25) is 0 Å². The summed E-state index contributed by atoms with van der Waals surface area (Å²) < 4.78 is 17.0. The van der Waals surface area contributed by atoms with Crippen LogP contribution in [0.1, 0.15) is 160 Å². The maximum absolute atomic E-state index is 13.0. The van der Waals surface area contributed by atoms with Crippen LogP contribution in [0.5, 0.6) is 0 Å². The summed E-state index contributed by atoms with van der Waals surface area (Å²) in [6.45, 7) is 17.3. The molecule has 0 unspecified atom stereocenters. The first kappa shape index (κ1) is 88.6. The molecule has 1 aliphatic carbocycles. The molecule has 12 aromatic rings. The Morgan fingerprint density at radius 1 is 0.488 bits per heavy atom. The number of rotatable bonds is 36. The number of nitrogens with zero attached hydrogens (tertiary/aromatic N) is 19. The predicted molar refractivity (Wildman–Crippen MR) is 466 cm³/mol. The summed E-state index contributed by atoms with van der Waals surface area (Å²) in [5.41, 5.74) is 8.93. The Morgan fingerprint density at radius 3 is 1.50 bits per heavy atom. The molecule has 35 nitrogen and oxygen atoms in total. The van der Waals surface area contributed by atoms with Gasteiger partial charge in [0.2, 0.25) is 23.8 Å². The number of carboxylic acids is 4. The molecule has 0 bridgehead atoms. The van der Waals surface area contributed by atoms with Gasteiger partial charge >= 0.3 is 30.0 Å². The first-order valence-electron chi connectivity index (χ1n) is 41.4. The number of carbonyl (C=O) groups is 5. The number of aromatic nitrogens is 16. The summed E-state index contributed by atoms with van der Waals surface area (Å²) in [5, 5.41) is 53.2. The number of unbranched alkanes of at least 4 members (excludes halogenated alkanes) is 6. The Hall–Kier alpha value is -13.2. The van der Waals surface area contributed by atoms with Gasteiger partial charge in [-0.25, -0.2) is 29.6 Å². The minimum absolute atomic E-state index is 0.124. The summed E-state index contributed by atoms with van der Waals surface area (Å²) in [6.07, 6.45) is 21.2. The molecule has 1 saturated heterocycles. The predicted octanol–water partition coefficient (Wildman–Crippen LogP) is 14.3. The molecule has 0 radical (unpaired) electrons. The van der Waals surface area contributed by atoms with Crippen LogP contribution in [0, 0.1) is 0 Å². The summed E-state index contributed by atoms with van der Waals surface area (Å²) in [4.78, 5) is 118. The van der Waals surface area contributed by atoms with E-state index in [1.807, 2.05) is 90.8 Å². The monoisotopic (exact) mass is 1650 g/mol. The molecule has 2 fully saturated rings. The molecular weight excluding hydrogens is 1550 g/mol. The fraction of sp³-hybridized carbons (Fsp3) is 0.430. The van der Waals surface area contributed by atoms with Gasteiger partial charge in [0, 0.05) is 65.1 Å². The molecule has 35 heteroatoms. The highest BCUT2D eigenvalue weighted by molar-refractivity contribution is 5.92. The smallest absolute Gasteiger partial charge is 0.417 e. The second-order valence-corrected chi connectivity index (χ2v) is 30.6. The molecule has 121 heavy (non-hydrogen) atoms. The van der Waals surface area contributed by atoms with Gasteiger partial charge in [-0.2, -0.15) is 39.9 Å². The number of hydrogen-bond donors (Lipinski definition) is 9. The van der Waals surface area contributed by atoms with Gasteiger partial charge in [-0.1, -0.05) is 182 Å². The molecule has 14 rings (SSSR count). The number of hydrogen-bond acceptors (Lipinski definition) is 26. The van der Waals surface area contributed by atoms with E-state index in [1.165, 1.54) is 77.0 Å². The lowest BCUT2D eigenvalue weighted by atomic mass is 9.84. The zero-order valence-corrected chi connectivity index (χ0v) is 69.8. The quantitative estimate of drug-likeness (QED) is 0.0165. The van der Waals surface area contributed by atoms with Crippen LogP contribution < -0.4 is 41.3 Å². The van der Waals surface area contributed by atoms with E-state index in [0.717, 1.165) is 112 Å². The number of benzene rings is 4. The number of nitrogens with one attached hydrogen (secondary N) is 5. The third-order valence-corrected chi connectivity index (χ3v) is 19.8. The number of carbonyl (C=O) groups excluding carboxylic acids is 1. The molecule has 2 aliphatic rings. The van der Waals surface area contributed by atoms with E-state index < -0.39 is 35.6 Å². The lowest BCUT2D eigenvalue weighted by molar-refractivity contribution is -0.138. The van der Waals surface area contributed by atoms with Crippen molar-refractivity contribution in [1.82, 2.24) is 78.1 Å². The number of fused-ring (bicyclic) bond motifs is 4. The Labute approximate surface area is 701 Å². The van der Waals surface area contributed by atoms with Crippen LogP contribution in [0.15, 0.2) is 141 Å². The number of imidazole rings is 4. The number of carboxylic acid groups (broad SMARTS) is 4. The van der Waals surface area contributed by atoms with Crippen molar-refractivity contribution in [2.24, 2.45) is 0 Å². The van der Waals surface area contributed by atoms with Gasteiger partial charge < -0.3 is 84.6 Å². The van der Waals surface area contributed by atoms with Crippen LogP contribution in [0.4, 0.5) is 57.5 Å². The summed E-state index contributed by atoms with van der Waals surface area (Å²) in [7, 11) is 1.96. The van der Waals surface area contributed by atoms with Gasteiger partial charge in [-0.3, -0.25) is 19.2 Å². The average Bonchev–Trinajstić information content (AvgIpc) is 1.68. The van der Waals surface area contributed by atoms with Crippen LogP contribution in [0.25, 0.3) is 44.7 Å². The number of ether oxygens (including phenoxy) is 2. The number of para-hydroxylation sites is 1. The molecule has 9 heterocycles. The third kappa shape index (κ3) is 25.9. The van der Waals surface area contributed by atoms with E-state index in [4.69, 9.17) is 24.7 Å². The van der Waals surface area contributed by atoms with Crippen molar-refractivity contribution in [2.45, 2.75) is 189 Å². The van der Waals surface area contributed by atoms with Crippen molar-refractivity contribution < 1.29 is 53.9 Å². The zero-order valence-electron chi connectivity index (χ0n) is 69.8. The minimum atomic E-state index is -1.03. The van der Waals surface area contributed by atoms with Gasteiger partial charge in [0.25, 0.3) is 0 Å². The summed E-state index contributed by atoms with van der Waals surface area (Å²) >= 11 is 0. The highest BCUT2D eigenvalue weighted by atomic mass is 16.6. The second-order valence-electron chi connectivity index (χ2n) is 30.6. The van der Waals surface area contributed by atoms with Crippen LogP contribution in [-0.4, -0.2) is 187 Å². The standard InChI is InChI=1S/C28H32N6O2.C23H30N6O4.C19H24N6O2.C16H24N6O3/c1-33(17-21-8-4-2-5-9-21)26-25-27(34(19-30-25)18-24(35)36)32-28(31-26)29-16-20-12-14-23(15-13-20)22-10-6-3-7-11-22;1-5-6-10-13-29(22(32)33-23(2,3)4)21-26-19(25-16-11-8-7-9-12-16)18-20(27-21)28(15-24-18)14-17(30)31;1-2-3-7-10-20-19-23-17(21-11-14-8-5-4-6-9-14)16-18(24-19)25(13-22-16)12-15(26)27;1-2-3-4-5-17-16-19-14(21-6-8-25-9-7-21)13-15(20-16)22(11-18-13)10-12(23)24/h2,4-5,8-9,12-15,19,22H,3,6-7,10-11,16-18H2,1H3,(H,35,36)(H,29,31,32);7-9,11-12,15H,5-6,10,13-14H2,1-4H3,(H,30,31)(H,25,26,27);4-6,8-9,13H,2-3,7,10-12H2,1H3,(H,26,27)(H2,20,21,23,24);11H,2-10H2,1H3,(H,23,24)(H,17,19,20). The van der Waals surface area contributed by atoms with E-state index >= 15 is 0 Å². The van der Waals surface area contributed by atoms with Crippen molar-refractivity contribution in [3.8, 4) is 0 Å². The van der Waals surface area contributed by atoms with Gasteiger partial charge in [-0.05, 0) is 93.2 Å². The molecule has 8 aromatic heterocycles. The zero-order chi connectivity index (χ0) is 85.6. The highest BCUT2D eigenvalue weighted by Crippen LogP contribution is 2.34. The molecular formula is C86H110N24O11. The van der Waals surface area contributed by atoms with Gasteiger partial charge in [-0.15, -0.1) is 0 Å². The van der Waals surface area contributed by atoms with Crippen molar-refractivity contribution in [1.29, 1.82) is 0 Å². The Bertz CT molecular complexity index is 5340. The molecule has 0 atom stereocenters. The molecule has 0 spiro atoms. The van der Waals surface area contributed by atoms with E-state index in [2.05, 4.69) is 143 Å². The molecule has 9 N–H and O–H groups in total.